The van der Waals surface area contributed by atoms with Gasteiger partial charge in [-0.25, -0.2) is 9.78 Å². The maximum absolute atomic E-state index is 12.3. The molecule has 21 heavy (non-hydrogen) atoms. The number of nitrogens with zero attached hydrogens (tertiary/aromatic N) is 2. The van der Waals surface area contributed by atoms with Gasteiger partial charge in [0, 0.05) is 12.7 Å². The maximum Gasteiger partial charge on any atom is 0.345 e. The lowest BCUT2D eigenvalue weighted by Gasteiger charge is -2.10. The van der Waals surface area contributed by atoms with Crippen LogP contribution in [0.3, 0.4) is 0 Å². The van der Waals surface area contributed by atoms with Crippen LogP contribution in [0.15, 0.2) is 41.3 Å². The number of aryl methyl sites for hydroxylation is 2. The van der Waals surface area contributed by atoms with Crippen LogP contribution < -0.4 is 5.56 Å². The molecule has 0 atom stereocenters. The van der Waals surface area contributed by atoms with Gasteiger partial charge in [0.15, 0.2) is 0 Å². The number of esters is 1. The number of aromatic nitrogens is 2. The van der Waals surface area contributed by atoms with E-state index in [1.165, 1.54) is 10.8 Å². The fourth-order valence-electron chi connectivity index (χ4n) is 2.07. The molecule has 0 aliphatic heterocycles. The Labute approximate surface area is 123 Å². The molecule has 2 aromatic rings. The molecule has 0 radical (unpaired) electrons. The Bertz CT molecular complexity index is 678. The summed E-state index contributed by atoms with van der Waals surface area (Å²) >= 11 is 0. The summed E-state index contributed by atoms with van der Waals surface area (Å²) in [6, 6.07) is 9.87. The first-order chi connectivity index (χ1) is 10.1. The van der Waals surface area contributed by atoms with Crippen LogP contribution in [0.2, 0.25) is 0 Å². The van der Waals surface area contributed by atoms with Crippen LogP contribution in [-0.4, -0.2) is 22.1 Å². The summed E-state index contributed by atoms with van der Waals surface area (Å²) in [4.78, 5) is 28.2. The van der Waals surface area contributed by atoms with Crippen molar-refractivity contribution in [2.75, 3.05) is 6.61 Å². The molecule has 0 fully saturated rings. The predicted molar refractivity (Wildman–Crippen MR) is 79.3 cm³/mol. The van der Waals surface area contributed by atoms with Crippen molar-refractivity contribution in [1.29, 1.82) is 0 Å². The number of benzene rings is 1. The third-order valence-corrected chi connectivity index (χ3v) is 3.21. The molecule has 0 N–H and O–H groups in total. The Morgan fingerprint density at radius 3 is 2.67 bits per heavy atom. The molecule has 5 nitrogen and oxygen atoms in total. The molecule has 1 heterocycles. The molecule has 0 amide bonds. The monoisotopic (exact) mass is 286 g/mol. The average Bonchev–Trinajstić information content (AvgIpc) is 2.48. The summed E-state index contributed by atoms with van der Waals surface area (Å²) in [5, 5.41) is 0. The highest BCUT2D eigenvalue weighted by molar-refractivity contribution is 5.88. The first kappa shape index (κ1) is 15.0. The highest BCUT2D eigenvalue weighted by Gasteiger charge is 2.15. The first-order valence-electron chi connectivity index (χ1n) is 6.91. The van der Waals surface area contributed by atoms with Crippen molar-refractivity contribution in [2.24, 2.45) is 0 Å². The van der Waals surface area contributed by atoms with Gasteiger partial charge in [-0.2, -0.15) is 0 Å². The van der Waals surface area contributed by atoms with Gasteiger partial charge >= 0.3 is 5.97 Å². The summed E-state index contributed by atoms with van der Waals surface area (Å²) in [6.45, 7) is 4.17. The van der Waals surface area contributed by atoms with E-state index in [2.05, 4.69) is 4.98 Å². The fourth-order valence-corrected chi connectivity index (χ4v) is 2.07. The molecule has 2 rings (SSSR count). The molecular weight excluding hydrogens is 268 g/mol. The molecule has 0 bridgehead atoms. The van der Waals surface area contributed by atoms with E-state index in [-0.39, 0.29) is 17.7 Å². The fraction of sp³-hybridized carbons (Fsp3) is 0.312. The van der Waals surface area contributed by atoms with Crippen LogP contribution in [0.25, 0.3) is 0 Å². The van der Waals surface area contributed by atoms with Crippen LogP contribution in [0.5, 0.6) is 0 Å². The van der Waals surface area contributed by atoms with E-state index in [1.807, 2.05) is 30.3 Å². The second-order valence-corrected chi connectivity index (χ2v) is 4.63. The second-order valence-electron chi connectivity index (χ2n) is 4.63. The van der Waals surface area contributed by atoms with Crippen LogP contribution >= 0.6 is 0 Å². The Hall–Kier alpha value is -2.43. The number of carbonyl (C=O) groups is 1. The van der Waals surface area contributed by atoms with Crippen LogP contribution in [0, 0.1) is 6.92 Å². The second kappa shape index (κ2) is 6.83. The molecule has 0 saturated carbocycles. The number of rotatable bonds is 5. The summed E-state index contributed by atoms with van der Waals surface area (Å²) in [5.74, 6) is -0.0348. The number of carbonyl (C=O) groups excluding carboxylic acids is 1. The Morgan fingerprint density at radius 1 is 1.29 bits per heavy atom. The summed E-state index contributed by atoms with van der Waals surface area (Å²) in [6.07, 6.45) is 1.99. The van der Waals surface area contributed by atoms with E-state index < -0.39 is 5.97 Å². The molecule has 110 valence electrons. The van der Waals surface area contributed by atoms with Gasteiger partial charge < -0.3 is 4.74 Å². The SMILES string of the molecule is CCOC(=O)c1cnc(C)n(CCc2ccccc2)c1=O. The van der Waals surface area contributed by atoms with E-state index >= 15 is 0 Å². The van der Waals surface area contributed by atoms with E-state index in [1.54, 1.807) is 13.8 Å². The van der Waals surface area contributed by atoms with Gasteiger partial charge in [0.1, 0.15) is 11.4 Å². The van der Waals surface area contributed by atoms with E-state index in [0.29, 0.717) is 18.8 Å². The zero-order valence-corrected chi connectivity index (χ0v) is 12.2. The topological polar surface area (TPSA) is 61.2 Å². The Kier molecular flexibility index (Phi) is 4.87. The molecule has 0 saturated heterocycles. The van der Waals surface area contributed by atoms with Gasteiger partial charge in [-0.15, -0.1) is 0 Å². The smallest absolute Gasteiger partial charge is 0.345 e. The summed E-state index contributed by atoms with van der Waals surface area (Å²) in [7, 11) is 0. The molecule has 1 aromatic carbocycles. The minimum absolute atomic E-state index is 0.0180. The maximum atomic E-state index is 12.3. The summed E-state index contributed by atoms with van der Waals surface area (Å²) < 4.78 is 6.39. The van der Waals surface area contributed by atoms with Crippen molar-refractivity contribution >= 4 is 5.97 Å². The number of hydrogen-bond acceptors (Lipinski definition) is 4. The van der Waals surface area contributed by atoms with Crippen LogP contribution in [-0.2, 0) is 17.7 Å². The van der Waals surface area contributed by atoms with E-state index in [9.17, 15) is 9.59 Å². The third-order valence-electron chi connectivity index (χ3n) is 3.21. The highest BCUT2D eigenvalue weighted by Crippen LogP contribution is 2.03. The van der Waals surface area contributed by atoms with Crippen LogP contribution in [0.4, 0.5) is 0 Å². The van der Waals surface area contributed by atoms with Gasteiger partial charge in [-0.05, 0) is 25.8 Å². The van der Waals surface area contributed by atoms with Crippen molar-refractivity contribution < 1.29 is 9.53 Å². The largest absolute Gasteiger partial charge is 0.462 e. The Balaban J connectivity index is 2.24. The number of ether oxygens (including phenoxy) is 1. The quantitative estimate of drug-likeness (QED) is 0.788. The predicted octanol–water partition coefficient (Wildman–Crippen LogP) is 1.97. The lowest BCUT2D eigenvalue weighted by Crippen LogP contribution is -2.30. The molecule has 0 unspecified atom stereocenters. The molecular formula is C16H18N2O3. The zero-order chi connectivity index (χ0) is 15.2. The average molecular weight is 286 g/mol. The van der Waals surface area contributed by atoms with Crippen molar-refractivity contribution in [3.63, 3.8) is 0 Å². The first-order valence-corrected chi connectivity index (χ1v) is 6.91. The van der Waals surface area contributed by atoms with Gasteiger partial charge in [0.05, 0.1) is 6.61 Å². The standard InChI is InChI=1S/C16H18N2O3/c1-3-21-16(20)14-11-17-12(2)18(15(14)19)10-9-13-7-5-4-6-8-13/h4-8,11H,3,9-10H2,1-2H3. The summed E-state index contributed by atoms with van der Waals surface area (Å²) in [5.41, 5.74) is 0.762. The normalized spacial score (nSPS) is 10.4. The molecule has 1 aromatic heterocycles. The van der Waals surface area contributed by atoms with Gasteiger partial charge in [-0.1, -0.05) is 30.3 Å². The van der Waals surface area contributed by atoms with E-state index in [0.717, 1.165) is 5.56 Å². The zero-order valence-electron chi connectivity index (χ0n) is 12.2. The molecule has 0 spiro atoms. The molecule has 5 heteroatoms. The van der Waals surface area contributed by atoms with Gasteiger partial charge in [0.25, 0.3) is 5.56 Å². The van der Waals surface area contributed by atoms with Crippen molar-refractivity contribution in [1.82, 2.24) is 9.55 Å². The third kappa shape index (κ3) is 3.56. The van der Waals surface area contributed by atoms with Crippen molar-refractivity contribution in [3.8, 4) is 0 Å². The Morgan fingerprint density at radius 2 is 2.00 bits per heavy atom. The number of hydrogen-bond donors (Lipinski definition) is 0. The van der Waals surface area contributed by atoms with Crippen molar-refractivity contribution in [2.45, 2.75) is 26.8 Å². The van der Waals surface area contributed by atoms with Crippen LogP contribution in [0.1, 0.15) is 28.7 Å². The van der Waals surface area contributed by atoms with Crippen molar-refractivity contribution in [3.05, 3.63) is 63.8 Å². The van der Waals surface area contributed by atoms with Gasteiger partial charge in [-0.3, -0.25) is 9.36 Å². The minimum atomic E-state index is -0.622. The highest BCUT2D eigenvalue weighted by atomic mass is 16.5. The minimum Gasteiger partial charge on any atom is -0.462 e. The van der Waals surface area contributed by atoms with Gasteiger partial charge in [0.2, 0.25) is 0 Å². The lowest BCUT2D eigenvalue weighted by molar-refractivity contribution is 0.0523. The molecule has 0 aliphatic carbocycles. The van der Waals surface area contributed by atoms with E-state index in [4.69, 9.17) is 4.74 Å². The molecule has 0 aliphatic rings. The lowest BCUT2D eigenvalue weighted by atomic mass is 10.1.